The molecule has 0 aliphatic heterocycles. The minimum absolute atomic E-state index is 0.0200. The number of rotatable bonds is 29. The Morgan fingerprint density at radius 2 is 0.932 bits per heavy atom. The molecular weight excluding hydrogens is 779 g/mol. The zero-order valence-corrected chi connectivity index (χ0v) is 35.1. The molecule has 0 saturated heterocycles. The van der Waals surface area contributed by atoms with Crippen molar-refractivity contribution in [1.29, 1.82) is 0 Å². The zero-order valence-electron chi connectivity index (χ0n) is 34.2. The van der Waals surface area contributed by atoms with Crippen LogP contribution in [0.5, 0.6) is 0 Å². The van der Waals surface area contributed by atoms with Gasteiger partial charge in [0.2, 0.25) is 0 Å². The van der Waals surface area contributed by atoms with Crippen LogP contribution < -0.4 is 0 Å². The lowest BCUT2D eigenvalue weighted by molar-refractivity contribution is -0.220. The van der Waals surface area contributed by atoms with Gasteiger partial charge in [0, 0.05) is 12.8 Å². The maximum absolute atomic E-state index is 12.8. The van der Waals surface area contributed by atoms with Crippen molar-refractivity contribution >= 4 is 19.8 Å². The molecule has 0 heterocycles. The Morgan fingerprint density at radius 1 is 0.525 bits per heavy atom. The highest BCUT2D eigenvalue weighted by atomic mass is 31.2. The third-order valence-corrected chi connectivity index (χ3v) is 9.26. The zero-order chi connectivity index (χ0) is 43.6. The Morgan fingerprint density at radius 3 is 1.41 bits per heavy atom. The van der Waals surface area contributed by atoms with E-state index in [1.165, 1.54) is 0 Å². The highest BCUT2D eigenvalue weighted by Crippen LogP contribution is 2.47. The van der Waals surface area contributed by atoms with E-state index in [4.69, 9.17) is 18.5 Å². The fraction of sp³-hybridized carbons (Fsp3) is 0.467. The maximum atomic E-state index is 12.8. The molecule has 0 radical (unpaired) electrons. The van der Waals surface area contributed by atoms with Crippen molar-refractivity contribution in [2.24, 2.45) is 0 Å². The topological polar surface area (TPSA) is 210 Å². The van der Waals surface area contributed by atoms with Crippen LogP contribution in [0.1, 0.15) is 78.1 Å². The number of ether oxygens (including phenoxy) is 2. The van der Waals surface area contributed by atoms with Gasteiger partial charge in [-0.05, 0) is 44.9 Å². The standard InChI is InChI=1S/C45H65O13P/c1-3-5-7-9-11-13-15-17-18-19-20-22-23-25-27-29-31-33-38(46)55-35-37(36-56-59(53,54)58-45-43(51)41(49)40(48)42(50)44(45)52)57-39(47)34-32-30-28-26-24-21-16-14-12-10-8-6-4-2/h5-24,26,28,37,40-45,48-52H,3-4,25,27,29-36H2,1-2H3,(H,53,54)/b7-5+,8-6+,11-9+,12-10+,15-13+,16-14+,18-17+,20-19+,23-22+,24-21+,28-26+/t37?,40?,41-,42?,43?,44?,45?/m0/s1. The molecule has 0 bridgehead atoms. The van der Waals surface area contributed by atoms with E-state index < -0.39 is 75.7 Å². The summed E-state index contributed by atoms with van der Waals surface area (Å²) in [5, 5.41) is 50.0. The lowest BCUT2D eigenvalue weighted by atomic mass is 9.85. The van der Waals surface area contributed by atoms with Gasteiger partial charge in [0.25, 0.3) is 0 Å². The first-order valence-corrected chi connectivity index (χ1v) is 21.6. The van der Waals surface area contributed by atoms with E-state index >= 15 is 0 Å². The van der Waals surface area contributed by atoms with Gasteiger partial charge in [-0.1, -0.05) is 154 Å². The number of allylic oxidation sites excluding steroid dienone is 22. The highest BCUT2D eigenvalue weighted by Gasteiger charge is 2.51. The SMILES string of the molecule is CC/C=C/C=C/C=C/C=C/C=C/C=C/CCCCCC(=O)OCC(COP(=O)(O)OC1C(O)C(O)C(O)[C@H](O)C1O)OC(=O)CCC/C=C/C=C/C=C/C=C/C=C/CC. The number of hydrogen-bond donors (Lipinski definition) is 6. The molecule has 1 fully saturated rings. The molecule has 7 unspecified atom stereocenters. The summed E-state index contributed by atoms with van der Waals surface area (Å²) in [6.45, 7) is 2.86. The van der Waals surface area contributed by atoms with Gasteiger partial charge in [-0.15, -0.1) is 0 Å². The fourth-order valence-corrected chi connectivity index (χ4v) is 6.02. The van der Waals surface area contributed by atoms with Gasteiger partial charge in [0.1, 0.15) is 43.2 Å². The quantitative estimate of drug-likeness (QED) is 0.0198. The molecule has 1 aliphatic rings. The van der Waals surface area contributed by atoms with Gasteiger partial charge in [-0.25, -0.2) is 4.57 Å². The number of carbonyl (C=O) groups excluding carboxylic acids is 2. The summed E-state index contributed by atoms with van der Waals surface area (Å²) in [7, 11) is -5.15. The van der Waals surface area contributed by atoms with Crippen molar-refractivity contribution in [3.63, 3.8) is 0 Å². The van der Waals surface area contributed by atoms with Crippen molar-refractivity contribution in [2.45, 2.75) is 121 Å². The summed E-state index contributed by atoms with van der Waals surface area (Å²) in [6, 6.07) is 0. The molecular formula is C45H65O13P. The summed E-state index contributed by atoms with van der Waals surface area (Å²) in [5.74, 6) is -1.26. The second-order valence-electron chi connectivity index (χ2n) is 13.3. The molecule has 13 nitrogen and oxygen atoms in total. The van der Waals surface area contributed by atoms with E-state index in [9.17, 15) is 44.6 Å². The van der Waals surface area contributed by atoms with E-state index in [1.54, 1.807) is 0 Å². The van der Waals surface area contributed by atoms with Crippen LogP contribution in [0.4, 0.5) is 0 Å². The van der Waals surface area contributed by atoms with E-state index in [-0.39, 0.29) is 12.8 Å². The second kappa shape index (κ2) is 33.8. The molecule has 6 N–H and O–H groups in total. The minimum atomic E-state index is -5.15. The van der Waals surface area contributed by atoms with E-state index in [2.05, 4.69) is 19.9 Å². The van der Waals surface area contributed by atoms with Gasteiger partial charge >= 0.3 is 19.8 Å². The molecule has 0 amide bonds. The number of unbranched alkanes of at least 4 members (excludes halogenated alkanes) is 4. The molecule has 1 saturated carbocycles. The van der Waals surface area contributed by atoms with E-state index in [1.807, 2.05) is 128 Å². The summed E-state index contributed by atoms with van der Waals surface area (Å²) in [6.07, 6.45) is 35.3. The summed E-state index contributed by atoms with van der Waals surface area (Å²) < 4.78 is 33.2. The number of phosphoric acid groups is 1. The number of carbonyl (C=O) groups is 2. The van der Waals surface area contributed by atoms with Gasteiger partial charge in [0.15, 0.2) is 6.10 Å². The molecule has 14 heteroatoms. The number of esters is 2. The van der Waals surface area contributed by atoms with E-state index in [0.29, 0.717) is 19.3 Å². The van der Waals surface area contributed by atoms with Crippen molar-refractivity contribution in [3.05, 3.63) is 134 Å². The van der Waals surface area contributed by atoms with Crippen molar-refractivity contribution in [3.8, 4) is 0 Å². The van der Waals surface area contributed by atoms with Crippen LogP contribution >= 0.6 is 7.82 Å². The van der Waals surface area contributed by atoms with Gasteiger partial charge < -0.3 is 39.9 Å². The minimum Gasteiger partial charge on any atom is -0.462 e. The van der Waals surface area contributed by atoms with Crippen LogP contribution in [0.15, 0.2) is 134 Å². The molecule has 1 rings (SSSR count). The van der Waals surface area contributed by atoms with Crippen LogP contribution in [0.2, 0.25) is 0 Å². The number of hydrogen-bond acceptors (Lipinski definition) is 12. The smallest absolute Gasteiger partial charge is 0.462 e. The normalized spacial score (nSPS) is 23.7. The lowest BCUT2D eigenvalue weighted by Crippen LogP contribution is -2.64. The molecule has 0 aromatic carbocycles. The summed E-state index contributed by atoms with van der Waals surface area (Å²) >= 11 is 0. The third kappa shape index (κ3) is 26.7. The van der Waals surface area contributed by atoms with Crippen molar-refractivity contribution < 1.29 is 63.1 Å². The highest BCUT2D eigenvalue weighted by molar-refractivity contribution is 7.47. The predicted molar refractivity (Wildman–Crippen MR) is 230 cm³/mol. The molecule has 1 aliphatic carbocycles. The van der Waals surface area contributed by atoms with Crippen LogP contribution in [0.25, 0.3) is 0 Å². The van der Waals surface area contributed by atoms with Crippen LogP contribution in [-0.4, -0.2) is 98.3 Å². The Labute approximate surface area is 349 Å². The average Bonchev–Trinajstić information content (AvgIpc) is 3.21. The van der Waals surface area contributed by atoms with Crippen LogP contribution in [0.3, 0.4) is 0 Å². The third-order valence-electron chi connectivity index (χ3n) is 8.28. The molecule has 0 aromatic heterocycles. The monoisotopic (exact) mass is 844 g/mol. The molecule has 59 heavy (non-hydrogen) atoms. The van der Waals surface area contributed by atoms with Crippen LogP contribution in [-0.2, 0) is 32.7 Å². The first kappa shape index (κ1) is 53.0. The fourth-order valence-electron chi connectivity index (χ4n) is 5.05. The molecule has 8 atom stereocenters. The largest absolute Gasteiger partial charge is 0.472 e. The molecule has 0 aromatic rings. The van der Waals surface area contributed by atoms with E-state index in [0.717, 1.165) is 32.1 Å². The van der Waals surface area contributed by atoms with Crippen molar-refractivity contribution in [2.75, 3.05) is 13.2 Å². The van der Waals surface area contributed by atoms with Gasteiger partial charge in [0.05, 0.1) is 6.61 Å². The lowest BCUT2D eigenvalue weighted by Gasteiger charge is -2.41. The van der Waals surface area contributed by atoms with Gasteiger partial charge in [-0.3, -0.25) is 18.6 Å². The first-order chi connectivity index (χ1) is 28.4. The number of phosphoric ester groups is 1. The number of aliphatic hydroxyl groups is 5. The molecule has 328 valence electrons. The average molecular weight is 845 g/mol. The Balaban J connectivity index is 2.63. The Kier molecular flexibility index (Phi) is 30.4. The Bertz CT molecular complexity index is 1540. The van der Waals surface area contributed by atoms with Crippen molar-refractivity contribution in [1.82, 2.24) is 0 Å². The first-order valence-electron chi connectivity index (χ1n) is 20.1. The number of aliphatic hydroxyl groups excluding tert-OH is 5. The predicted octanol–water partition coefficient (Wildman–Crippen LogP) is 6.82. The van der Waals surface area contributed by atoms with Gasteiger partial charge in [-0.2, -0.15) is 0 Å². The summed E-state index contributed by atoms with van der Waals surface area (Å²) in [4.78, 5) is 35.5. The van der Waals surface area contributed by atoms with Crippen LogP contribution in [0, 0.1) is 0 Å². The second-order valence-corrected chi connectivity index (χ2v) is 14.7. The molecule has 0 spiro atoms. The maximum Gasteiger partial charge on any atom is 0.472 e. The summed E-state index contributed by atoms with van der Waals surface area (Å²) in [5.41, 5.74) is 0. The Hall–Kier alpha value is -4.01.